The van der Waals surface area contributed by atoms with E-state index in [-0.39, 0.29) is 5.92 Å². The van der Waals surface area contributed by atoms with Crippen LogP contribution in [0.3, 0.4) is 0 Å². The molecule has 0 bridgehead atoms. The zero-order valence-electron chi connectivity index (χ0n) is 6.51. The van der Waals surface area contributed by atoms with Crippen molar-refractivity contribution in [1.29, 1.82) is 0 Å². The SMILES string of the molecule is OC(c1cnsn1)C1CCOC1. The molecule has 0 aromatic carbocycles. The number of aromatic nitrogens is 2. The fourth-order valence-corrected chi connectivity index (χ4v) is 1.80. The van der Waals surface area contributed by atoms with Crippen LogP contribution in [0.5, 0.6) is 0 Å². The van der Waals surface area contributed by atoms with Crippen LogP contribution in [0.25, 0.3) is 0 Å². The van der Waals surface area contributed by atoms with Gasteiger partial charge in [0.05, 0.1) is 24.5 Å². The molecule has 1 fully saturated rings. The molecule has 12 heavy (non-hydrogen) atoms. The van der Waals surface area contributed by atoms with Crippen molar-refractivity contribution in [2.75, 3.05) is 13.2 Å². The predicted molar refractivity (Wildman–Crippen MR) is 43.8 cm³/mol. The monoisotopic (exact) mass is 186 g/mol. The average Bonchev–Trinajstić information content (AvgIpc) is 2.77. The van der Waals surface area contributed by atoms with Gasteiger partial charge in [0.15, 0.2) is 0 Å². The Morgan fingerprint density at radius 1 is 1.75 bits per heavy atom. The van der Waals surface area contributed by atoms with E-state index in [1.165, 1.54) is 0 Å². The van der Waals surface area contributed by atoms with E-state index in [1.54, 1.807) is 6.20 Å². The molecule has 66 valence electrons. The molecule has 1 N–H and O–H groups in total. The van der Waals surface area contributed by atoms with Gasteiger partial charge in [-0.05, 0) is 6.42 Å². The Morgan fingerprint density at radius 2 is 2.67 bits per heavy atom. The normalized spacial score (nSPS) is 25.9. The van der Waals surface area contributed by atoms with Crippen LogP contribution in [0.15, 0.2) is 6.20 Å². The molecule has 2 unspecified atom stereocenters. The lowest BCUT2D eigenvalue weighted by Crippen LogP contribution is -2.12. The van der Waals surface area contributed by atoms with Crippen LogP contribution < -0.4 is 0 Å². The highest BCUT2D eigenvalue weighted by molar-refractivity contribution is 6.99. The zero-order chi connectivity index (χ0) is 8.39. The quantitative estimate of drug-likeness (QED) is 0.735. The van der Waals surface area contributed by atoms with E-state index >= 15 is 0 Å². The van der Waals surface area contributed by atoms with E-state index in [0.29, 0.717) is 12.3 Å². The van der Waals surface area contributed by atoms with Crippen molar-refractivity contribution in [2.24, 2.45) is 5.92 Å². The third kappa shape index (κ3) is 1.48. The number of hydrogen-bond acceptors (Lipinski definition) is 5. The van der Waals surface area contributed by atoms with Crippen molar-refractivity contribution >= 4 is 11.7 Å². The second kappa shape index (κ2) is 3.47. The van der Waals surface area contributed by atoms with Gasteiger partial charge in [-0.25, -0.2) is 0 Å². The Morgan fingerprint density at radius 3 is 3.25 bits per heavy atom. The summed E-state index contributed by atoms with van der Waals surface area (Å²) in [5.74, 6) is 0.203. The van der Waals surface area contributed by atoms with Gasteiger partial charge in [-0.3, -0.25) is 0 Å². The zero-order valence-corrected chi connectivity index (χ0v) is 7.33. The molecule has 1 saturated heterocycles. The standard InChI is InChI=1S/C7H10N2O2S/c10-7(5-1-2-11-4-5)6-3-8-12-9-6/h3,5,7,10H,1-2,4H2. The minimum Gasteiger partial charge on any atom is -0.386 e. The van der Waals surface area contributed by atoms with E-state index in [0.717, 1.165) is 24.8 Å². The second-order valence-corrected chi connectivity index (χ2v) is 3.46. The van der Waals surface area contributed by atoms with Crippen LogP contribution in [0, 0.1) is 5.92 Å². The van der Waals surface area contributed by atoms with Crippen molar-refractivity contribution < 1.29 is 9.84 Å². The van der Waals surface area contributed by atoms with Gasteiger partial charge in [-0.2, -0.15) is 8.75 Å². The minimum atomic E-state index is -0.494. The number of aliphatic hydroxyl groups excluding tert-OH is 1. The summed E-state index contributed by atoms with van der Waals surface area (Å²) in [6, 6.07) is 0. The smallest absolute Gasteiger partial charge is 0.104 e. The molecular weight excluding hydrogens is 176 g/mol. The number of rotatable bonds is 2. The molecule has 1 aromatic heterocycles. The lowest BCUT2D eigenvalue weighted by molar-refractivity contribution is 0.0891. The number of aliphatic hydroxyl groups is 1. The Kier molecular flexibility index (Phi) is 2.34. The number of nitrogens with zero attached hydrogens (tertiary/aromatic N) is 2. The Balaban J connectivity index is 2.04. The van der Waals surface area contributed by atoms with Crippen molar-refractivity contribution in [2.45, 2.75) is 12.5 Å². The van der Waals surface area contributed by atoms with Gasteiger partial charge in [0.1, 0.15) is 11.8 Å². The first kappa shape index (κ1) is 8.10. The summed E-state index contributed by atoms with van der Waals surface area (Å²) in [5, 5.41) is 9.73. The highest BCUT2D eigenvalue weighted by Gasteiger charge is 2.26. The van der Waals surface area contributed by atoms with E-state index in [2.05, 4.69) is 8.75 Å². The summed E-state index contributed by atoms with van der Waals surface area (Å²) < 4.78 is 13.0. The molecule has 0 aliphatic carbocycles. The fraction of sp³-hybridized carbons (Fsp3) is 0.714. The summed E-state index contributed by atoms with van der Waals surface area (Å²) in [6.07, 6.45) is 2.04. The van der Waals surface area contributed by atoms with Crippen LogP contribution in [0.1, 0.15) is 18.2 Å². The molecule has 1 aromatic rings. The van der Waals surface area contributed by atoms with Gasteiger partial charge in [-0.15, -0.1) is 0 Å². The predicted octanol–water partition coefficient (Wildman–Crippen LogP) is 0.608. The Bertz CT molecular complexity index is 234. The molecule has 2 heterocycles. The summed E-state index contributed by atoms with van der Waals surface area (Å²) in [5.41, 5.74) is 0.676. The van der Waals surface area contributed by atoms with E-state index < -0.39 is 6.10 Å². The maximum atomic E-state index is 9.73. The van der Waals surface area contributed by atoms with Crippen molar-refractivity contribution in [3.63, 3.8) is 0 Å². The molecule has 0 saturated carbocycles. The van der Waals surface area contributed by atoms with Gasteiger partial charge in [0.2, 0.25) is 0 Å². The molecule has 0 amide bonds. The van der Waals surface area contributed by atoms with E-state index in [4.69, 9.17) is 4.74 Å². The summed E-state index contributed by atoms with van der Waals surface area (Å²) in [7, 11) is 0. The highest BCUT2D eigenvalue weighted by Crippen LogP contribution is 2.27. The fourth-order valence-electron chi connectivity index (χ4n) is 1.35. The largest absolute Gasteiger partial charge is 0.386 e. The lowest BCUT2D eigenvalue weighted by Gasteiger charge is -2.12. The molecule has 2 atom stereocenters. The minimum absolute atomic E-state index is 0.203. The molecule has 5 heteroatoms. The first-order valence-corrected chi connectivity index (χ1v) is 4.64. The Labute approximate surface area is 74.5 Å². The molecule has 2 rings (SSSR count). The van der Waals surface area contributed by atoms with Crippen LogP contribution in [-0.4, -0.2) is 27.1 Å². The number of hydrogen-bond donors (Lipinski definition) is 1. The van der Waals surface area contributed by atoms with E-state index in [9.17, 15) is 5.11 Å². The van der Waals surface area contributed by atoms with Crippen molar-refractivity contribution in [1.82, 2.24) is 8.75 Å². The topological polar surface area (TPSA) is 55.2 Å². The highest BCUT2D eigenvalue weighted by atomic mass is 32.1. The second-order valence-electron chi connectivity index (χ2n) is 2.90. The number of ether oxygens (including phenoxy) is 1. The summed E-state index contributed by atoms with van der Waals surface area (Å²) >= 11 is 1.13. The van der Waals surface area contributed by atoms with Crippen molar-refractivity contribution in [3.8, 4) is 0 Å². The maximum absolute atomic E-state index is 9.73. The van der Waals surface area contributed by atoms with Crippen LogP contribution in [0.4, 0.5) is 0 Å². The van der Waals surface area contributed by atoms with Crippen LogP contribution in [0.2, 0.25) is 0 Å². The summed E-state index contributed by atoms with van der Waals surface area (Å²) in [6.45, 7) is 1.39. The first-order chi connectivity index (χ1) is 5.88. The molecule has 1 aliphatic heterocycles. The third-order valence-corrected chi connectivity index (χ3v) is 2.58. The maximum Gasteiger partial charge on any atom is 0.104 e. The van der Waals surface area contributed by atoms with Gasteiger partial charge in [0, 0.05) is 12.5 Å². The van der Waals surface area contributed by atoms with E-state index in [1.807, 2.05) is 0 Å². The van der Waals surface area contributed by atoms with Crippen LogP contribution >= 0.6 is 11.7 Å². The summed E-state index contributed by atoms with van der Waals surface area (Å²) in [4.78, 5) is 0. The molecular formula is C7H10N2O2S. The van der Waals surface area contributed by atoms with Crippen LogP contribution in [-0.2, 0) is 4.74 Å². The molecule has 1 aliphatic rings. The van der Waals surface area contributed by atoms with Gasteiger partial charge in [0.25, 0.3) is 0 Å². The first-order valence-electron chi connectivity index (χ1n) is 3.91. The molecule has 0 spiro atoms. The third-order valence-electron chi connectivity index (χ3n) is 2.09. The van der Waals surface area contributed by atoms with Crippen molar-refractivity contribution in [3.05, 3.63) is 11.9 Å². The van der Waals surface area contributed by atoms with Gasteiger partial charge >= 0.3 is 0 Å². The lowest BCUT2D eigenvalue weighted by atomic mass is 10.00. The average molecular weight is 186 g/mol. The molecule has 0 radical (unpaired) electrons. The van der Waals surface area contributed by atoms with Gasteiger partial charge in [-0.1, -0.05) is 0 Å². The van der Waals surface area contributed by atoms with Gasteiger partial charge < -0.3 is 9.84 Å². The Hall–Kier alpha value is -0.520. The molecule has 4 nitrogen and oxygen atoms in total.